The summed E-state index contributed by atoms with van der Waals surface area (Å²) in [5.41, 5.74) is 0.544. The van der Waals surface area contributed by atoms with Gasteiger partial charge in [0.05, 0.1) is 18.2 Å². The summed E-state index contributed by atoms with van der Waals surface area (Å²) in [6, 6.07) is 8.65. The Labute approximate surface area is 115 Å². The van der Waals surface area contributed by atoms with Gasteiger partial charge in [0.25, 0.3) is 0 Å². The molecular weight excluding hydrogens is 260 g/mol. The molecule has 0 aliphatic rings. The van der Waals surface area contributed by atoms with E-state index in [1.165, 1.54) is 10.8 Å². The van der Waals surface area contributed by atoms with E-state index in [-0.39, 0.29) is 12.4 Å². The van der Waals surface area contributed by atoms with Crippen molar-refractivity contribution < 1.29 is 9.66 Å². The lowest BCUT2D eigenvalue weighted by Crippen LogP contribution is -2.08. The Morgan fingerprint density at radius 3 is 2.70 bits per heavy atom. The van der Waals surface area contributed by atoms with Gasteiger partial charge in [0.2, 0.25) is 5.82 Å². The number of hydrogen-bond acceptors (Lipinski definition) is 5. The molecule has 2 aromatic rings. The van der Waals surface area contributed by atoms with Gasteiger partial charge >= 0.3 is 5.82 Å². The molecule has 20 heavy (non-hydrogen) atoms. The first kappa shape index (κ1) is 13.5. The highest BCUT2D eigenvalue weighted by molar-refractivity contribution is 5.34. The van der Waals surface area contributed by atoms with Crippen molar-refractivity contribution in [3.8, 4) is 11.8 Å². The van der Waals surface area contributed by atoms with E-state index in [2.05, 4.69) is 4.98 Å². The number of nitriles is 1. The van der Waals surface area contributed by atoms with Crippen molar-refractivity contribution in [1.29, 1.82) is 5.26 Å². The average molecular weight is 272 g/mol. The van der Waals surface area contributed by atoms with E-state index >= 15 is 0 Å². The Balaban J connectivity index is 2.10. The molecule has 0 bridgehead atoms. The Morgan fingerprint density at radius 1 is 1.45 bits per heavy atom. The maximum absolute atomic E-state index is 10.8. The van der Waals surface area contributed by atoms with Crippen LogP contribution in [-0.4, -0.2) is 14.5 Å². The minimum atomic E-state index is -0.471. The molecule has 7 nitrogen and oxygen atoms in total. The zero-order valence-electron chi connectivity index (χ0n) is 10.8. The lowest BCUT2D eigenvalue weighted by Gasteiger charge is -2.05. The van der Waals surface area contributed by atoms with E-state index in [0.717, 1.165) is 0 Å². The third-order valence-electron chi connectivity index (χ3n) is 2.77. The Kier molecular flexibility index (Phi) is 3.96. The number of aromatic nitrogens is 2. The SMILES string of the molecule is CCn1c([N+](=O)[O-])cnc1COc1ccc(C#N)cc1. The number of nitro groups is 1. The molecular formula is C13H12N4O3. The Bertz CT molecular complexity index is 655. The van der Waals surface area contributed by atoms with E-state index in [1.807, 2.05) is 6.07 Å². The molecule has 0 amide bonds. The van der Waals surface area contributed by atoms with Crippen LogP contribution in [0.3, 0.4) is 0 Å². The number of rotatable bonds is 5. The third-order valence-corrected chi connectivity index (χ3v) is 2.77. The third kappa shape index (κ3) is 2.75. The molecule has 0 aliphatic heterocycles. The highest BCUT2D eigenvalue weighted by Gasteiger charge is 2.18. The second kappa shape index (κ2) is 5.84. The number of nitrogens with zero attached hydrogens (tertiary/aromatic N) is 4. The average Bonchev–Trinajstić information content (AvgIpc) is 2.88. The van der Waals surface area contributed by atoms with Crippen molar-refractivity contribution in [2.75, 3.05) is 0 Å². The normalized spacial score (nSPS) is 10.0. The summed E-state index contributed by atoms with van der Waals surface area (Å²) in [5, 5.41) is 19.5. The molecule has 0 aliphatic carbocycles. The summed E-state index contributed by atoms with van der Waals surface area (Å²) >= 11 is 0. The summed E-state index contributed by atoms with van der Waals surface area (Å²) < 4.78 is 7.00. The second-order valence-corrected chi connectivity index (χ2v) is 3.96. The Morgan fingerprint density at radius 2 is 2.15 bits per heavy atom. The van der Waals surface area contributed by atoms with Gasteiger partial charge in [-0.1, -0.05) is 0 Å². The summed E-state index contributed by atoms with van der Waals surface area (Å²) in [7, 11) is 0. The molecule has 0 spiro atoms. The van der Waals surface area contributed by atoms with Gasteiger partial charge in [-0.15, -0.1) is 0 Å². The quantitative estimate of drug-likeness (QED) is 0.614. The van der Waals surface area contributed by atoms with Gasteiger partial charge < -0.3 is 14.9 Å². The molecule has 7 heteroatoms. The zero-order valence-corrected chi connectivity index (χ0v) is 10.8. The summed E-state index contributed by atoms with van der Waals surface area (Å²) in [5.74, 6) is 1.02. The van der Waals surface area contributed by atoms with Crippen LogP contribution in [0.2, 0.25) is 0 Å². The molecule has 1 aromatic carbocycles. The van der Waals surface area contributed by atoms with Crippen LogP contribution in [0, 0.1) is 21.4 Å². The topological polar surface area (TPSA) is 94.0 Å². The highest BCUT2D eigenvalue weighted by Crippen LogP contribution is 2.17. The highest BCUT2D eigenvalue weighted by atomic mass is 16.6. The number of ether oxygens (including phenoxy) is 1. The van der Waals surface area contributed by atoms with Crippen LogP contribution in [0.15, 0.2) is 30.5 Å². The minimum absolute atomic E-state index is 0.0501. The first-order valence-corrected chi connectivity index (χ1v) is 5.97. The summed E-state index contributed by atoms with van der Waals surface area (Å²) in [4.78, 5) is 14.3. The lowest BCUT2D eigenvalue weighted by atomic mass is 10.2. The maximum atomic E-state index is 10.8. The van der Waals surface area contributed by atoms with Gasteiger partial charge in [-0.25, -0.2) is 9.55 Å². The van der Waals surface area contributed by atoms with Crippen molar-refractivity contribution in [3.63, 3.8) is 0 Å². The van der Waals surface area contributed by atoms with Crippen LogP contribution in [0.4, 0.5) is 5.82 Å². The molecule has 0 fully saturated rings. The number of benzene rings is 1. The molecule has 0 radical (unpaired) electrons. The molecule has 2 rings (SSSR count). The van der Waals surface area contributed by atoms with E-state index in [1.54, 1.807) is 31.2 Å². The van der Waals surface area contributed by atoms with Gasteiger partial charge in [0.1, 0.15) is 11.9 Å². The van der Waals surface area contributed by atoms with Crippen molar-refractivity contribution in [3.05, 3.63) is 52.0 Å². The van der Waals surface area contributed by atoms with E-state index in [4.69, 9.17) is 10.00 Å². The monoisotopic (exact) mass is 272 g/mol. The van der Waals surface area contributed by atoms with Crippen LogP contribution < -0.4 is 4.74 Å². The first-order chi connectivity index (χ1) is 9.65. The van der Waals surface area contributed by atoms with Crippen LogP contribution in [0.25, 0.3) is 0 Å². The standard InChI is InChI=1S/C13H12N4O3/c1-2-16-12(15-8-13(16)17(18)19)9-20-11-5-3-10(7-14)4-6-11/h3-6,8H,2,9H2,1H3. The molecule has 0 atom stereocenters. The Hall–Kier alpha value is -2.88. The molecule has 0 unspecified atom stereocenters. The largest absolute Gasteiger partial charge is 0.483 e. The molecule has 1 heterocycles. The predicted molar refractivity (Wildman–Crippen MR) is 70.0 cm³/mol. The summed E-state index contributed by atoms with van der Waals surface area (Å²) in [6.45, 7) is 2.38. The lowest BCUT2D eigenvalue weighted by molar-refractivity contribution is -0.392. The predicted octanol–water partition coefficient (Wildman–Crippen LogP) is 2.26. The van der Waals surface area contributed by atoms with Gasteiger partial charge in [-0.3, -0.25) is 0 Å². The maximum Gasteiger partial charge on any atom is 0.342 e. The van der Waals surface area contributed by atoms with Crippen LogP contribution in [-0.2, 0) is 13.2 Å². The van der Waals surface area contributed by atoms with Gasteiger partial charge in [0, 0.05) is 0 Å². The van der Waals surface area contributed by atoms with Crippen molar-refractivity contribution in [2.45, 2.75) is 20.1 Å². The minimum Gasteiger partial charge on any atom is -0.483 e. The second-order valence-electron chi connectivity index (χ2n) is 3.96. The van der Waals surface area contributed by atoms with Crippen LogP contribution >= 0.6 is 0 Å². The van der Waals surface area contributed by atoms with E-state index in [0.29, 0.717) is 23.7 Å². The summed E-state index contributed by atoms with van der Waals surface area (Å²) in [6.07, 6.45) is 1.22. The fourth-order valence-electron chi connectivity index (χ4n) is 1.78. The molecule has 0 saturated heterocycles. The molecule has 0 N–H and O–H groups in total. The number of hydrogen-bond donors (Lipinski definition) is 0. The van der Waals surface area contributed by atoms with Crippen molar-refractivity contribution >= 4 is 5.82 Å². The van der Waals surface area contributed by atoms with Crippen LogP contribution in [0.1, 0.15) is 18.3 Å². The molecule has 102 valence electrons. The fraction of sp³-hybridized carbons (Fsp3) is 0.231. The fourth-order valence-corrected chi connectivity index (χ4v) is 1.78. The molecule has 0 saturated carbocycles. The van der Waals surface area contributed by atoms with Gasteiger partial charge in [-0.05, 0) is 36.1 Å². The van der Waals surface area contributed by atoms with Gasteiger partial charge in [0.15, 0.2) is 6.61 Å². The molecule has 1 aromatic heterocycles. The number of imidazole rings is 1. The van der Waals surface area contributed by atoms with E-state index in [9.17, 15) is 10.1 Å². The first-order valence-electron chi connectivity index (χ1n) is 5.97. The van der Waals surface area contributed by atoms with Gasteiger partial charge in [-0.2, -0.15) is 5.26 Å². The van der Waals surface area contributed by atoms with Crippen LogP contribution in [0.5, 0.6) is 5.75 Å². The smallest absolute Gasteiger partial charge is 0.342 e. The zero-order chi connectivity index (χ0) is 14.5. The van der Waals surface area contributed by atoms with Crippen molar-refractivity contribution in [1.82, 2.24) is 9.55 Å². The van der Waals surface area contributed by atoms with Crippen molar-refractivity contribution in [2.24, 2.45) is 0 Å². The van der Waals surface area contributed by atoms with E-state index < -0.39 is 4.92 Å².